The van der Waals surface area contributed by atoms with Crippen LogP contribution in [0.4, 0.5) is 5.69 Å². The van der Waals surface area contributed by atoms with Crippen LogP contribution in [-0.2, 0) is 4.79 Å². The van der Waals surface area contributed by atoms with E-state index in [0.717, 1.165) is 12.1 Å². The van der Waals surface area contributed by atoms with Gasteiger partial charge < -0.3 is 10.1 Å². The lowest BCUT2D eigenvalue weighted by Crippen LogP contribution is -2.10. The van der Waals surface area contributed by atoms with Gasteiger partial charge in [0.2, 0.25) is 5.91 Å². The van der Waals surface area contributed by atoms with E-state index in [4.69, 9.17) is 10.00 Å². The number of nitrogens with one attached hydrogen (secondary N) is 1. The van der Waals surface area contributed by atoms with Crippen LogP contribution in [0.5, 0.6) is 11.5 Å². The molecular weight excluding hydrogens is 264 g/mol. The van der Waals surface area contributed by atoms with Gasteiger partial charge in [-0.1, -0.05) is 6.92 Å². The molecule has 0 fully saturated rings. The summed E-state index contributed by atoms with van der Waals surface area (Å²) in [6.45, 7) is 1.97. The number of nitrogens with zero attached hydrogens (tertiary/aromatic N) is 1. The number of carbonyl (C=O) groups is 1. The smallest absolute Gasteiger partial charge is 0.224 e. The Hall–Kier alpha value is -2.80. The highest BCUT2D eigenvalue weighted by Crippen LogP contribution is 2.23. The maximum Gasteiger partial charge on any atom is 0.224 e. The van der Waals surface area contributed by atoms with Crippen molar-refractivity contribution in [2.75, 3.05) is 5.32 Å². The second-order valence-corrected chi connectivity index (χ2v) is 4.56. The Labute approximate surface area is 124 Å². The van der Waals surface area contributed by atoms with Crippen LogP contribution in [0, 0.1) is 11.3 Å². The third kappa shape index (κ3) is 4.36. The molecule has 4 nitrogen and oxygen atoms in total. The van der Waals surface area contributed by atoms with E-state index in [1.165, 1.54) is 0 Å². The molecule has 0 aliphatic carbocycles. The number of anilines is 1. The minimum Gasteiger partial charge on any atom is -0.457 e. The van der Waals surface area contributed by atoms with Crippen LogP contribution >= 0.6 is 0 Å². The van der Waals surface area contributed by atoms with E-state index in [9.17, 15) is 4.79 Å². The highest BCUT2D eigenvalue weighted by atomic mass is 16.5. The first kappa shape index (κ1) is 14.6. The summed E-state index contributed by atoms with van der Waals surface area (Å²) < 4.78 is 5.66. The van der Waals surface area contributed by atoms with Gasteiger partial charge in [-0.25, -0.2) is 0 Å². The van der Waals surface area contributed by atoms with Crippen LogP contribution in [0.15, 0.2) is 48.5 Å². The second-order valence-electron chi connectivity index (χ2n) is 4.56. The van der Waals surface area contributed by atoms with Gasteiger partial charge in [0.15, 0.2) is 0 Å². The minimum atomic E-state index is 0.0123. The van der Waals surface area contributed by atoms with E-state index < -0.39 is 0 Å². The summed E-state index contributed by atoms with van der Waals surface area (Å²) in [5.41, 5.74) is 1.34. The standard InChI is InChI=1S/C17H16N2O2/c1-2-3-17(20)19-14-6-10-16(11-7-14)21-15-8-4-13(12-18)5-9-15/h4-11H,2-3H2,1H3,(H,19,20). The Kier molecular flexibility index (Phi) is 4.94. The number of rotatable bonds is 5. The average Bonchev–Trinajstić information content (AvgIpc) is 2.50. The van der Waals surface area contributed by atoms with E-state index in [0.29, 0.717) is 23.5 Å². The molecule has 0 radical (unpaired) electrons. The van der Waals surface area contributed by atoms with Gasteiger partial charge in [-0.2, -0.15) is 5.26 Å². The van der Waals surface area contributed by atoms with E-state index in [1.807, 2.05) is 6.92 Å². The van der Waals surface area contributed by atoms with Crippen molar-refractivity contribution in [1.29, 1.82) is 5.26 Å². The van der Waals surface area contributed by atoms with Crippen molar-refractivity contribution in [3.05, 3.63) is 54.1 Å². The first-order chi connectivity index (χ1) is 10.2. The number of hydrogen-bond acceptors (Lipinski definition) is 3. The molecule has 2 aromatic rings. The summed E-state index contributed by atoms with van der Waals surface area (Å²) in [5, 5.41) is 11.6. The van der Waals surface area contributed by atoms with E-state index >= 15 is 0 Å². The summed E-state index contributed by atoms with van der Waals surface area (Å²) in [7, 11) is 0. The minimum absolute atomic E-state index is 0.0123. The number of benzene rings is 2. The van der Waals surface area contributed by atoms with Crippen LogP contribution < -0.4 is 10.1 Å². The van der Waals surface area contributed by atoms with Crippen LogP contribution in [0.3, 0.4) is 0 Å². The Bertz CT molecular complexity index is 640. The molecule has 21 heavy (non-hydrogen) atoms. The fourth-order valence-corrected chi connectivity index (χ4v) is 1.79. The lowest BCUT2D eigenvalue weighted by Gasteiger charge is -2.08. The van der Waals surface area contributed by atoms with Crippen LogP contribution in [-0.4, -0.2) is 5.91 Å². The Morgan fingerprint density at radius 2 is 1.67 bits per heavy atom. The van der Waals surface area contributed by atoms with E-state index in [2.05, 4.69) is 11.4 Å². The van der Waals surface area contributed by atoms with Gasteiger partial charge in [-0.05, 0) is 55.0 Å². The largest absolute Gasteiger partial charge is 0.457 e. The highest BCUT2D eigenvalue weighted by Gasteiger charge is 2.02. The molecule has 0 saturated carbocycles. The Morgan fingerprint density at radius 3 is 2.19 bits per heavy atom. The molecular formula is C17H16N2O2. The van der Waals surface area contributed by atoms with Crippen molar-refractivity contribution in [1.82, 2.24) is 0 Å². The molecule has 0 atom stereocenters. The molecule has 0 heterocycles. The van der Waals surface area contributed by atoms with Crippen molar-refractivity contribution in [3.8, 4) is 17.6 Å². The fourth-order valence-electron chi connectivity index (χ4n) is 1.79. The van der Waals surface area contributed by atoms with E-state index in [1.54, 1.807) is 48.5 Å². The third-order valence-corrected chi connectivity index (χ3v) is 2.83. The van der Waals surface area contributed by atoms with Crippen molar-refractivity contribution in [2.45, 2.75) is 19.8 Å². The van der Waals surface area contributed by atoms with Gasteiger partial charge >= 0.3 is 0 Å². The predicted molar refractivity (Wildman–Crippen MR) is 81.2 cm³/mol. The van der Waals surface area contributed by atoms with Gasteiger partial charge in [0.25, 0.3) is 0 Å². The van der Waals surface area contributed by atoms with Gasteiger partial charge in [0.1, 0.15) is 11.5 Å². The lowest BCUT2D eigenvalue weighted by molar-refractivity contribution is -0.116. The maximum atomic E-state index is 11.5. The number of ether oxygens (including phenoxy) is 1. The van der Waals surface area contributed by atoms with Gasteiger partial charge in [-0.3, -0.25) is 4.79 Å². The summed E-state index contributed by atoms with van der Waals surface area (Å²) >= 11 is 0. The normalized spacial score (nSPS) is 9.71. The topological polar surface area (TPSA) is 62.1 Å². The molecule has 0 spiro atoms. The molecule has 1 amide bonds. The first-order valence-corrected chi connectivity index (χ1v) is 6.79. The quantitative estimate of drug-likeness (QED) is 0.897. The second kappa shape index (κ2) is 7.11. The molecule has 2 rings (SSSR count). The fraction of sp³-hybridized carbons (Fsp3) is 0.176. The summed E-state index contributed by atoms with van der Waals surface area (Å²) in [6.07, 6.45) is 1.34. The first-order valence-electron chi connectivity index (χ1n) is 6.79. The molecule has 2 aromatic carbocycles. The van der Waals surface area contributed by atoms with E-state index in [-0.39, 0.29) is 5.91 Å². The lowest BCUT2D eigenvalue weighted by atomic mass is 10.2. The number of carbonyl (C=O) groups excluding carboxylic acids is 1. The summed E-state index contributed by atoms with van der Waals surface area (Å²) in [6, 6.07) is 16.1. The van der Waals surface area contributed by atoms with Crippen LogP contribution in [0.2, 0.25) is 0 Å². The zero-order chi connectivity index (χ0) is 15.1. The molecule has 0 bridgehead atoms. The predicted octanol–water partition coefficient (Wildman–Crippen LogP) is 4.09. The Morgan fingerprint density at radius 1 is 1.10 bits per heavy atom. The molecule has 0 saturated heterocycles. The maximum absolute atomic E-state index is 11.5. The number of nitriles is 1. The third-order valence-electron chi connectivity index (χ3n) is 2.83. The zero-order valence-corrected chi connectivity index (χ0v) is 11.8. The molecule has 4 heteroatoms. The van der Waals surface area contributed by atoms with Crippen molar-refractivity contribution < 1.29 is 9.53 Å². The highest BCUT2D eigenvalue weighted by molar-refractivity contribution is 5.90. The SMILES string of the molecule is CCCC(=O)Nc1ccc(Oc2ccc(C#N)cc2)cc1. The number of amides is 1. The Balaban J connectivity index is 1.98. The molecule has 0 unspecified atom stereocenters. The van der Waals surface area contributed by atoms with Crippen molar-refractivity contribution >= 4 is 11.6 Å². The molecule has 106 valence electrons. The van der Waals surface area contributed by atoms with Crippen molar-refractivity contribution in [2.24, 2.45) is 0 Å². The number of hydrogen-bond donors (Lipinski definition) is 1. The van der Waals surface area contributed by atoms with Crippen LogP contribution in [0.1, 0.15) is 25.3 Å². The molecule has 0 aliphatic rings. The average molecular weight is 280 g/mol. The van der Waals surface area contributed by atoms with Crippen LogP contribution in [0.25, 0.3) is 0 Å². The molecule has 1 N–H and O–H groups in total. The zero-order valence-electron chi connectivity index (χ0n) is 11.8. The molecule has 0 aliphatic heterocycles. The van der Waals surface area contributed by atoms with Gasteiger partial charge in [0.05, 0.1) is 11.6 Å². The van der Waals surface area contributed by atoms with Gasteiger partial charge in [-0.15, -0.1) is 0 Å². The monoisotopic (exact) mass is 280 g/mol. The van der Waals surface area contributed by atoms with Gasteiger partial charge in [0, 0.05) is 12.1 Å². The van der Waals surface area contributed by atoms with Crippen molar-refractivity contribution in [3.63, 3.8) is 0 Å². The molecule has 0 aromatic heterocycles. The summed E-state index contributed by atoms with van der Waals surface area (Å²) in [5.74, 6) is 1.35. The summed E-state index contributed by atoms with van der Waals surface area (Å²) in [4.78, 5) is 11.5.